The van der Waals surface area contributed by atoms with Crippen molar-refractivity contribution in [3.05, 3.63) is 29.8 Å². The fraction of sp³-hybridized carbons (Fsp3) is 0.652. The number of ether oxygens (including phenoxy) is 1. The van der Waals surface area contributed by atoms with Crippen LogP contribution in [0.3, 0.4) is 0 Å². The molecule has 2 aliphatic heterocycles. The summed E-state index contributed by atoms with van der Waals surface area (Å²) in [6.07, 6.45) is 3.69. The summed E-state index contributed by atoms with van der Waals surface area (Å²) < 4.78 is 5.46. The molecule has 1 amide bonds. The quantitative estimate of drug-likeness (QED) is 0.280. The normalized spacial score (nSPS) is 20.4. The molecule has 3 N–H and O–H groups in total. The van der Waals surface area contributed by atoms with Gasteiger partial charge >= 0.3 is 0 Å². The van der Waals surface area contributed by atoms with Crippen LogP contribution in [0.4, 0.5) is 5.69 Å². The number of likely N-dealkylation sites (tertiary alicyclic amines) is 1. The number of piperidine rings is 1. The lowest BCUT2D eigenvalue weighted by molar-refractivity contribution is -0.124. The van der Waals surface area contributed by atoms with E-state index in [2.05, 4.69) is 41.6 Å². The van der Waals surface area contributed by atoms with Crippen molar-refractivity contribution >= 4 is 41.5 Å². The number of guanidine groups is 1. The number of carbonyl (C=O) groups is 1. The summed E-state index contributed by atoms with van der Waals surface area (Å²) in [5, 5.41) is 9.92. The van der Waals surface area contributed by atoms with E-state index >= 15 is 0 Å². The second-order valence-electron chi connectivity index (χ2n) is 8.43. The zero-order chi connectivity index (χ0) is 21.3. The number of nitrogens with one attached hydrogen (secondary N) is 3. The zero-order valence-electron chi connectivity index (χ0n) is 19.0. The van der Waals surface area contributed by atoms with E-state index < -0.39 is 0 Å². The first-order valence-electron chi connectivity index (χ1n) is 11.4. The molecule has 2 fully saturated rings. The van der Waals surface area contributed by atoms with Crippen molar-refractivity contribution in [2.45, 2.75) is 71.2 Å². The highest BCUT2D eigenvalue weighted by Gasteiger charge is 2.23. The number of carbonyl (C=O) groups excluding carboxylic acids is 1. The predicted octanol–water partition coefficient (Wildman–Crippen LogP) is 3.35. The van der Waals surface area contributed by atoms with Crippen molar-refractivity contribution in [3.63, 3.8) is 0 Å². The molecule has 7 nitrogen and oxygen atoms in total. The first kappa shape index (κ1) is 25.9. The van der Waals surface area contributed by atoms with E-state index in [0.29, 0.717) is 25.2 Å². The summed E-state index contributed by atoms with van der Waals surface area (Å²) in [7, 11) is 0. The Morgan fingerprint density at radius 2 is 2.03 bits per heavy atom. The van der Waals surface area contributed by atoms with Gasteiger partial charge < -0.3 is 25.6 Å². The Balaban J connectivity index is 0.00000341. The summed E-state index contributed by atoms with van der Waals surface area (Å²) in [6, 6.07) is 8.96. The van der Waals surface area contributed by atoms with E-state index in [0.717, 1.165) is 62.5 Å². The summed E-state index contributed by atoms with van der Waals surface area (Å²) >= 11 is 0. The molecular formula is C23H38IN5O2. The van der Waals surface area contributed by atoms with Gasteiger partial charge in [-0.05, 0) is 64.2 Å². The lowest BCUT2D eigenvalue weighted by Gasteiger charge is -2.35. The summed E-state index contributed by atoms with van der Waals surface area (Å²) in [5.41, 5.74) is 1.86. The fourth-order valence-electron chi connectivity index (χ4n) is 4.00. The van der Waals surface area contributed by atoms with Crippen LogP contribution < -0.4 is 16.0 Å². The molecule has 0 aromatic heterocycles. The molecule has 8 heteroatoms. The van der Waals surface area contributed by atoms with Crippen LogP contribution in [-0.2, 0) is 16.1 Å². The van der Waals surface area contributed by atoms with Gasteiger partial charge in [-0.15, -0.1) is 24.0 Å². The Morgan fingerprint density at radius 1 is 1.26 bits per heavy atom. The molecule has 0 saturated carbocycles. The minimum Gasteiger partial charge on any atom is -0.368 e. The number of anilines is 1. The van der Waals surface area contributed by atoms with Gasteiger partial charge in [-0.3, -0.25) is 4.79 Å². The van der Waals surface area contributed by atoms with Crippen LogP contribution in [0, 0.1) is 0 Å². The third-order valence-corrected chi connectivity index (χ3v) is 5.78. The number of hydrogen-bond donors (Lipinski definition) is 3. The Morgan fingerprint density at radius 3 is 2.68 bits per heavy atom. The molecule has 1 atom stereocenters. The Bertz CT molecular complexity index is 714. The minimum atomic E-state index is -0.321. The van der Waals surface area contributed by atoms with Gasteiger partial charge in [0.25, 0.3) is 5.91 Å². The number of nitrogens with zero attached hydrogens (tertiary/aromatic N) is 2. The van der Waals surface area contributed by atoms with Gasteiger partial charge in [0.15, 0.2) is 5.96 Å². The smallest absolute Gasteiger partial charge is 0.253 e. The maximum absolute atomic E-state index is 12.3. The van der Waals surface area contributed by atoms with Crippen molar-refractivity contribution in [1.29, 1.82) is 0 Å². The maximum Gasteiger partial charge on any atom is 0.253 e. The Hall–Kier alpha value is -1.39. The molecule has 1 aromatic carbocycles. The molecule has 174 valence electrons. The van der Waals surface area contributed by atoms with Crippen molar-refractivity contribution in [2.24, 2.45) is 4.99 Å². The maximum atomic E-state index is 12.3. The lowest BCUT2D eigenvalue weighted by atomic mass is 10.0. The highest BCUT2D eigenvalue weighted by Crippen LogP contribution is 2.17. The summed E-state index contributed by atoms with van der Waals surface area (Å²) in [5.74, 6) is 0.796. The molecule has 1 aromatic rings. The Kier molecular flexibility index (Phi) is 11.0. The molecule has 2 heterocycles. The number of amides is 1. The third-order valence-electron chi connectivity index (χ3n) is 5.78. The standard InChI is InChI=1S/C23H37N5O2.HI/c1-4-24-23(27-19-10-12-28(13-11-19)17(2)3)25-16-18-7-5-8-20(15-18)26-22(29)21-9-6-14-30-21;/h5,7-8,15,17,19,21H,4,6,9-14,16H2,1-3H3,(H,26,29)(H2,24,25,27);1H. The average molecular weight is 543 g/mol. The summed E-state index contributed by atoms with van der Waals surface area (Å²) in [6.45, 7) is 10.9. The number of aliphatic imine (C=N–C) groups is 1. The van der Waals surface area contributed by atoms with Crippen molar-refractivity contribution in [1.82, 2.24) is 15.5 Å². The van der Waals surface area contributed by atoms with Crippen molar-refractivity contribution in [3.8, 4) is 0 Å². The average Bonchev–Trinajstić information content (AvgIpc) is 3.28. The minimum absolute atomic E-state index is 0. The van der Waals surface area contributed by atoms with Crippen LogP contribution >= 0.6 is 24.0 Å². The first-order chi connectivity index (χ1) is 14.5. The molecule has 2 aliphatic rings. The fourth-order valence-corrected chi connectivity index (χ4v) is 4.00. The molecule has 31 heavy (non-hydrogen) atoms. The van der Waals surface area contributed by atoms with Crippen LogP contribution in [0.1, 0.15) is 52.0 Å². The Labute approximate surface area is 203 Å². The topological polar surface area (TPSA) is 78.0 Å². The molecule has 0 aliphatic carbocycles. The number of benzene rings is 1. The van der Waals surface area contributed by atoms with Gasteiger partial charge in [0.05, 0.1) is 6.54 Å². The monoisotopic (exact) mass is 543 g/mol. The molecule has 2 saturated heterocycles. The third kappa shape index (κ3) is 8.23. The van der Waals surface area contributed by atoms with Crippen LogP contribution in [0.2, 0.25) is 0 Å². The van der Waals surface area contributed by atoms with Gasteiger partial charge in [0.1, 0.15) is 6.10 Å². The van der Waals surface area contributed by atoms with Gasteiger partial charge in [0.2, 0.25) is 0 Å². The number of rotatable bonds is 7. The van der Waals surface area contributed by atoms with Gasteiger partial charge in [0, 0.05) is 44.0 Å². The molecular weight excluding hydrogens is 505 g/mol. The number of hydrogen-bond acceptors (Lipinski definition) is 4. The van der Waals surface area contributed by atoms with Crippen LogP contribution in [0.5, 0.6) is 0 Å². The van der Waals surface area contributed by atoms with E-state index in [9.17, 15) is 4.79 Å². The van der Waals surface area contributed by atoms with E-state index in [1.54, 1.807) is 0 Å². The van der Waals surface area contributed by atoms with Gasteiger partial charge in [-0.2, -0.15) is 0 Å². The van der Waals surface area contributed by atoms with E-state index in [1.807, 2.05) is 24.3 Å². The molecule has 0 spiro atoms. The highest BCUT2D eigenvalue weighted by molar-refractivity contribution is 14.0. The van der Waals surface area contributed by atoms with Crippen molar-refractivity contribution in [2.75, 3.05) is 31.6 Å². The van der Waals surface area contributed by atoms with E-state index in [4.69, 9.17) is 9.73 Å². The molecule has 0 radical (unpaired) electrons. The first-order valence-corrected chi connectivity index (χ1v) is 11.4. The second-order valence-corrected chi connectivity index (χ2v) is 8.43. The van der Waals surface area contributed by atoms with Crippen LogP contribution in [0.25, 0.3) is 0 Å². The van der Waals surface area contributed by atoms with Crippen LogP contribution in [0.15, 0.2) is 29.3 Å². The predicted molar refractivity (Wildman–Crippen MR) is 137 cm³/mol. The van der Waals surface area contributed by atoms with E-state index in [1.165, 1.54) is 0 Å². The number of halogens is 1. The lowest BCUT2D eigenvalue weighted by Crippen LogP contribution is -2.49. The zero-order valence-corrected chi connectivity index (χ0v) is 21.4. The van der Waals surface area contributed by atoms with Gasteiger partial charge in [-0.1, -0.05) is 12.1 Å². The van der Waals surface area contributed by atoms with Gasteiger partial charge in [-0.25, -0.2) is 4.99 Å². The molecule has 3 rings (SSSR count). The highest BCUT2D eigenvalue weighted by atomic mass is 127. The van der Waals surface area contributed by atoms with Crippen molar-refractivity contribution < 1.29 is 9.53 Å². The summed E-state index contributed by atoms with van der Waals surface area (Å²) in [4.78, 5) is 19.6. The largest absolute Gasteiger partial charge is 0.368 e. The van der Waals surface area contributed by atoms with E-state index in [-0.39, 0.29) is 36.0 Å². The SMILES string of the molecule is CCNC(=NCc1cccc(NC(=O)C2CCCO2)c1)NC1CCN(C(C)C)CC1.I. The molecule has 1 unspecified atom stereocenters. The van der Waals surface area contributed by atoms with Crippen LogP contribution in [-0.4, -0.2) is 61.2 Å². The molecule has 0 bridgehead atoms. The second kappa shape index (κ2) is 13.2.